The number of pyridine rings is 1. The fraction of sp³-hybridized carbons (Fsp3) is 0.0750. The van der Waals surface area contributed by atoms with Gasteiger partial charge in [0.15, 0.2) is 33.5 Å². The van der Waals surface area contributed by atoms with Crippen molar-refractivity contribution in [3.63, 3.8) is 0 Å². The number of anilines is 1. The van der Waals surface area contributed by atoms with Gasteiger partial charge >= 0.3 is 7.12 Å². The molecule has 0 aliphatic carbocycles. The van der Waals surface area contributed by atoms with Gasteiger partial charge in [-0.15, -0.1) is 0 Å². The molecule has 7 aromatic heterocycles. The smallest absolute Gasteiger partial charge is 0.399 e. The summed E-state index contributed by atoms with van der Waals surface area (Å²) >= 11 is 21.8. The molecule has 1 fully saturated rings. The number of nitrogens with two attached hydrogens (primary N) is 1. The average Bonchev–Trinajstić information content (AvgIpc) is 1.54. The van der Waals surface area contributed by atoms with Gasteiger partial charge in [0, 0.05) is 65.1 Å². The summed E-state index contributed by atoms with van der Waals surface area (Å²) in [7, 11) is -0.484. The third-order valence-electron chi connectivity index (χ3n) is 18.1. The Morgan fingerprint density at radius 2 is 0.673 bits per heavy atom. The fourth-order valence-corrected chi connectivity index (χ4v) is 12.7. The molecule has 0 unspecified atom stereocenters. The Balaban J connectivity index is 0.000000126. The van der Waals surface area contributed by atoms with Gasteiger partial charge in [0.25, 0.3) is 16.7 Å². The first-order valence-corrected chi connectivity index (χ1v) is 34.8. The molecule has 1 aliphatic heterocycles. The van der Waals surface area contributed by atoms with Crippen LogP contribution in [-0.4, -0.2) is 80.6 Å². The zero-order valence-electron chi connectivity index (χ0n) is 56.0. The molecule has 9 aromatic carbocycles. The van der Waals surface area contributed by atoms with Gasteiger partial charge in [0.1, 0.15) is 42.3 Å². The lowest BCUT2D eigenvalue weighted by molar-refractivity contribution is 0.00578. The van der Waals surface area contributed by atoms with Crippen LogP contribution in [0.2, 0.25) is 15.1 Å². The molecule has 0 amide bonds. The van der Waals surface area contributed by atoms with Crippen LogP contribution in [0.3, 0.4) is 0 Å². The predicted molar refractivity (Wildman–Crippen MR) is 416 cm³/mol. The summed E-state index contributed by atoms with van der Waals surface area (Å²) < 4.78 is 23.6. The lowest BCUT2D eigenvalue weighted by Gasteiger charge is -2.32. The van der Waals surface area contributed by atoms with Crippen molar-refractivity contribution in [2.75, 3.05) is 5.73 Å². The first-order valence-electron chi connectivity index (χ1n) is 32.8. The van der Waals surface area contributed by atoms with Gasteiger partial charge in [-0.1, -0.05) is 166 Å². The molecule has 16 aromatic rings. The highest BCUT2D eigenvalue weighted by Crippen LogP contribution is 2.37. The van der Waals surface area contributed by atoms with Crippen LogP contribution in [0.5, 0.6) is 0 Å². The van der Waals surface area contributed by atoms with Gasteiger partial charge in [-0.2, -0.15) is 0 Å². The van der Waals surface area contributed by atoms with Crippen molar-refractivity contribution >= 4 is 103 Å². The van der Waals surface area contributed by atoms with Crippen molar-refractivity contribution in [2.45, 2.75) is 38.9 Å². The summed E-state index contributed by atoms with van der Waals surface area (Å²) in [5, 5.41) is 1.76. The maximum absolute atomic E-state index is 13.8. The average molecular weight is 1490 g/mol. The summed E-state index contributed by atoms with van der Waals surface area (Å²) in [5.41, 5.74) is 16.2. The monoisotopic (exact) mass is 1490 g/mol. The Bertz CT molecular complexity index is 6010. The minimum Gasteiger partial charge on any atom is -0.399 e. The van der Waals surface area contributed by atoms with Crippen LogP contribution in [0.1, 0.15) is 27.7 Å². The van der Waals surface area contributed by atoms with Crippen LogP contribution in [0.4, 0.5) is 5.82 Å². The van der Waals surface area contributed by atoms with E-state index in [-0.39, 0.29) is 27.7 Å². The molecular formula is C80H59BBrCl3N14O5. The first-order chi connectivity index (χ1) is 50.3. The van der Waals surface area contributed by atoms with Gasteiger partial charge in [-0.05, 0) is 172 Å². The number of halogens is 4. The zero-order valence-corrected chi connectivity index (χ0v) is 59.9. The molecule has 1 saturated heterocycles. The highest BCUT2D eigenvalue weighted by atomic mass is 79.9. The summed E-state index contributed by atoms with van der Waals surface area (Å²) in [6.07, 6.45) is 6.62. The number of nitrogens with zero attached hydrogens (tertiary/aromatic N) is 13. The van der Waals surface area contributed by atoms with Crippen molar-refractivity contribution in [3.05, 3.63) is 325 Å². The standard InChI is InChI=1S/C29H26BClN4O3.C28H19ClN6O.C23H14BrClN4O/c1-28(2)29(3,4)38-30(37-28)20-12-10-19(11-13-20)25-33-26-24(32-18-34(26)22-8-6-5-7-9-22)27(36)35(25)23-16-14-21(31)15-17-23;29-21-11-13-23(14-12-21)35-26(19-8-6-18(7-9-19)20-10-15-24(30)31-16-20)33-27-25(28(35)36)32-17-34(27)22-4-2-1-3-5-22;24-16-8-6-15(7-9-16)21-27-22-20(26-14-28(22)18-4-2-1-3-5-18)23(30)29(21)19-12-10-17(25)11-13-19/h5-18H,1-4H3;1-17H,(H2,30,31);1-14H. The van der Waals surface area contributed by atoms with E-state index in [4.69, 9.17) is 64.8 Å². The number of nitrogen functional groups attached to an aromatic ring is 1. The number of hydrogen-bond donors (Lipinski definition) is 1. The van der Waals surface area contributed by atoms with E-state index in [2.05, 4.69) is 35.9 Å². The first kappa shape index (κ1) is 68.1. The summed E-state index contributed by atoms with van der Waals surface area (Å²) in [6.45, 7) is 8.12. The normalized spacial score (nSPS) is 13.0. The number of rotatable bonds is 11. The molecule has 19 nitrogen and oxygen atoms in total. The van der Waals surface area contributed by atoms with Crippen molar-refractivity contribution < 1.29 is 9.31 Å². The Kier molecular flexibility index (Phi) is 18.5. The molecule has 1 aliphatic rings. The maximum atomic E-state index is 13.8. The molecule has 8 heterocycles. The van der Waals surface area contributed by atoms with Crippen molar-refractivity contribution in [2.24, 2.45) is 0 Å². The highest BCUT2D eigenvalue weighted by Gasteiger charge is 2.51. The summed E-state index contributed by atoms with van der Waals surface area (Å²) in [4.78, 5) is 73.4. The SMILES string of the molecule is CC1(C)OB(c2ccc(-c3nc4c(ncn4-c4ccccc4)c(=O)n3-c3ccc(Cl)cc3)cc2)OC1(C)C.Nc1ccc(-c2ccc(-c3nc4c(ncn4-c4ccccc4)c(=O)n3-c3ccc(Cl)cc3)cc2)cn1.O=c1c2ncn(-c3ccccc3)c2nc(-c2ccc(Br)cc2)n1-c1ccc(Cl)cc1. The molecule has 0 saturated carbocycles. The minimum absolute atomic E-state index is 0.241. The lowest BCUT2D eigenvalue weighted by Crippen LogP contribution is -2.41. The number of imidazole rings is 3. The Hall–Kier alpha value is -11.7. The van der Waals surface area contributed by atoms with E-state index in [9.17, 15) is 14.4 Å². The topological polar surface area (TPSA) is 216 Å². The van der Waals surface area contributed by atoms with E-state index in [1.165, 1.54) is 0 Å². The Morgan fingerprint density at radius 3 is 1.00 bits per heavy atom. The second-order valence-electron chi connectivity index (χ2n) is 25.3. The van der Waals surface area contributed by atoms with Gasteiger partial charge in [0.05, 0.1) is 28.3 Å². The van der Waals surface area contributed by atoms with Gasteiger partial charge < -0.3 is 15.0 Å². The maximum Gasteiger partial charge on any atom is 0.494 e. The molecule has 0 bridgehead atoms. The van der Waals surface area contributed by atoms with E-state index in [1.807, 2.05) is 211 Å². The molecule has 2 N–H and O–H groups in total. The van der Waals surface area contributed by atoms with Crippen LogP contribution in [-0.2, 0) is 9.31 Å². The fourth-order valence-electron chi connectivity index (χ4n) is 12.0. The van der Waals surface area contributed by atoms with Crippen molar-refractivity contribution in [1.29, 1.82) is 0 Å². The van der Waals surface area contributed by atoms with Gasteiger partial charge in [0.2, 0.25) is 0 Å². The van der Waals surface area contributed by atoms with E-state index in [0.717, 1.165) is 54.8 Å². The molecule has 24 heteroatoms. The molecular weight excluding hydrogens is 1430 g/mol. The highest BCUT2D eigenvalue weighted by molar-refractivity contribution is 9.10. The van der Waals surface area contributed by atoms with Crippen LogP contribution in [0, 0.1) is 0 Å². The third-order valence-corrected chi connectivity index (χ3v) is 19.4. The van der Waals surface area contributed by atoms with Crippen molar-refractivity contribution in [1.82, 2.24) is 62.3 Å². The minimum atomic E-state index is -0.484. The Morgan fingerprint density at radius 1 is 0.365 bits per heavy atom. The predicted octanol–water partition coefficient (Wildman–Crippen LogP) is 16.4. The number of fused-ring (bicyclic) bond motifs is 3. The largest absolute Gasteiger partial charge is 0.494 e. The second kappa shape index (κ2) is 28.3. The van der Waals surface area contributed by atoms with Crippen molar-refractivity contribution in [3.8, 4) is 79.4 Å². The molecule has 17 rings (SSSR count). The molecule has 510 valence electrons. The second-order valence-corrected chi connectivity index (χ2v) is 27.5. The molecule has 0 radical (unpaired) electrons. The molecule has 104 heavy (non-hydrogen) atoms. The van der Waals surface area contributed by atoms with E-state index in [1.54, 1.807) is 118 Å². The van der Waals surface area contributed by atoms with E-state index >= 15 is 0 Å². The molecule has 0 atom stereocenters. The number of benzene rings is 9. The third kappa shape index (κ3) is 13.3. The summed E-state index contributed by atoms with van der Waals surface area (Å²) in [5.74, 6) is 1.98. The van der Waals surface area contributed by atoms with Gasteiger partial charge in [-0.25, -0.2) is 34.9 Å². The van der Waals surface area contributed by atoms with Crippen LogP contribution in [0.25, 0.3) is 113 Å². The Labute approximate surface area is 618 Å². The van der Waals surface area contributed by atoms with Gasteiger partial charge in [-0.3, -0.25) is 41.8 Å². The van der Waals surface area contributed by atoms with E-state index in [0.29, 0.717) is 77.9 Å². The summed E-state index contributed by atoms with van der Waals surface area (Å²) in [6, 6.07) is 77.4. The van der Waals surface area contributed by atoms with Crippen LogP contribution >= 0.6 is 50.7 Å². The zero-order chi connectivity index (χ0) is 72.0. The van der Waals surface area contributed by atoms with E-state index < -0.39 is 18.3 Å². The molecule has 0 spiro atoms. The lowest BCUT2D eigenvalue weighted by atomic mass is 9.79. The van der Waals surface area contributed by atoms with Crippen LogP contribution in [0.15, 0.2) is 293 Å². The number of aromatic nitrogens is 13. The van der Waals surface area contributed by atoms with Crippen LogP contribution < -0.4 is 27.9 Å². The number of para-hydroxylation sites is 3. The quantitative estimate of drug-likeness (QED) is 0.119. The number of hydrogen-bond acceptors (Lipinski definition) is 13.